The van der Waals surface area contributed by atoms with Crippen molar-refractivity contribution in [1.82, 2.24) is 15.5 Å². The van der Waals surface area contributed by atoms with Gasteiger partial charge in [0.05, 0.1) is 0 Å². The molecule has 88 valence electrons. The van der Waals surface area contributed by atoms with Gasteiger partial charge in [0.15, 0.2) is 5.82 Å². The van der Waals surface area contributed by atoms with E-state index in [1.807, 2.05) is 0 Å². The molecule has 1 amide bonds. The van der Waals surface area contributed by atoms with Crippen LogP contribution in [-0.4, -0.2) is 27.7 Å². The summed E-state index contributed by atoms with van der Waals surface area (Å²) >= 11 is 0. The molecule has 17 heavy (non-hydrogen) atoms. The van der Waals surface area contributed by atoms with Gasteiger partial charge < -0.3 is 14.9 Å². The summed E-state index contributed by atoms with van der Waals surface area (Å²) in [5.74, 6) is 0.484. The van der Waals surface area contributed by atoms with E-state index < -0.39 is 0 Å². The molecule has 6 nitrogen and oxygen atoms in total. The molecule has 0 radical (unpaired) electrons. The van der Waals surface area contributed by atoms with Crippen molar-refractivity contribution >= 4 is 5.91 Å². The van der Waals surface area contributed by atoms with Crippen LogP contribution in [-0.2, 0) is 6.42 Å². The third-order valence-corrected chi connectivity index (χ3v) is 2.17. The van der Waals surface area contributed by atoms with Gasteiger partial charge in [-0.05, 0) is 24.3 Å². The fourth-order valence-electron chi connectivity index (χ4n) is 1.31. The molecule has 0 spiro atoms. The Morgan fingerprint density at radius 3 is 2.76 bits per heavy atom. The normalized spacial score (nSPS) is 10.1. The van der Waals surface area contributed by atoms with E-state index in [9.17, 15) is 4.79 Å². The molecule has 0 atom stereocenters. The smallest absolute Gasteiger partial charge is 0.251 e. The number of hydrogen-bond acceptors (Lipinski definition) is 5. The molecule has 6 heteroatoms. The van der Waals surface area contributed by atoms with Crippen LogP contribution in [0.1, 0.15) is 16.2 Å². The Morgan fingerprint density at radius 1 is 1.35 bits per heavy atom. The summed E-state index contributed by atoms with van der Waals surface area (Å²) in [5, 5.41) is 15.4. The van der Waals surface area contributed by atoms with Crippen molar-refractivity contribution in [1.29, 1.82) is 0 Å². The van der Waals surface area contributed by atoms with Gasteiger partial charge in [-0.15, -0.1) is 0 Å². The van der Waals surface area contributed by atoms with Crippen molar-refractivity contribution in [2.24, 2.45) is 0 Å². The number of phenolic OH excluding ortho intramolecular Hbond substituents is 1. The van der Waals surface area contributed by atoms with E-state index in [1.165, 1.54) is 18.5 Å². The molecule has 0 aliphatic heterocycles. The van der Waals surface area contributed by atoms with E-state index in [-0.39, 0.29) is 11.7 Å². The number of benzene rings is 1. The van der Waals surface area contributed by atoms with Gasteiger partial charge in [-0.2, -0.15) is 4.98 Å². The molecule has 2 N–H and O–H groups in total. The maximum absolute atomic E-state index is 11.6. The zero-order valence-corrected chi connectivity index (χ0v) is 8.96. The van der Waals surface area contributed by atoms with Crippen LogP contribution < -0.4 is 5.32 Å². The van der Waals surface area contributed by atoms with Crippen LogP contribution in [0, 0.1) is 0 Å². The van der Waals surface area contributed by atoms with Crippen molar-refractivity contribution in [2.75, 3.05) is 6.54 Å². The Morgan fingerprint density at radius 2 is 2.12 bits per heavy atom. The molecule has 1 aromatic heterocycles. The predicted octanol–water partition coefficient (Wildman–Crippen LogP) is 0.748. The van der Waals surface area contributed by atoms with Crippen LogP contribution in [0.4, 0.5) is 0 Å². The van der Waals surface area contributed by atoms with Gasteiger partial charge in [0.25, 0.3) is 5.91 Å². The third kappa shape index (κ3) is 3.04. The van der Waals surface area contributed by atoms with Crippen molar-refractivity contribution < 1.29 is 14.4 Å². The Balaban J connectivity index is 1.83. The van der Waals surface area contributed by atoms with Crippen molar-refractivity contribution in [2.45, 2.75) is 6.42 Å². The lowest BCUT2D eigenvalue weighted by molar-refractivity contribution is 0.0954. The lowest BCUT2D eigenvalue weighted by atomic mass is 10.2. The number of aromatic nitrogens is 2. The van der Waals surface area contributed by atoms with Crippen molar-refractivity contribution in [3.05, 3.63) is 42.0 Å². The second-order valence-electron chi connectivity index (χ2n) is 3.40. The lowest BCUT2D eigenvalue weighted by Gasteiger charge is -2.03. The number of carbonyl (C=O) groups excluding carboxylic acids is 1. The Bertz CT molecular complexity index is 479. The van der Waals surface area contributed by atoms with E-state index in [0.29, 0.717) is 24.4 Å². The minimum Gasteiger partial charge on any atom is -0.508 e. The highest BCUT2D eigenvalue weighted by Crippen LogP contribution is 2.09. The summed E-state index contributed by atoms with van der Waals surface area (Å²) in [5.41, 5.74) is 0.496. The SMILES string of the molecule is O=C(NCCc1ncon1)c1ccc(O)cc1. The second-order valence-corrected chi connectivity index (χ2v) is 3.40. The zero-order valence-electron chi connectivity index (χ0n) is 8.96. The summed E-state index contributed by atoms with van der Waals surface area (Å²) in [6.07, 6.45) is 1.76. The number of phenols is 1. The average Bonchev–Trinajstić information content (AvgIpc) is 2.83. The number of hydrogen-bond donors (Lipinski definition) is 2. The Labute approximate surface area is 97.3 Å². The summed E-state index contributed by atoms with van der Waals surface area (Å²) in [7, 11) is 0. The summed E-state index contributed by atoms with van der Waals surface area (Å²) in [6.45, 7) is 0.430. The Kier molecular flexibility index (Phi) is 3.34. The highest BCUT2D eigenvalue weighted by atomic mass is 16.5. The number of nitrogens with one attached hydrogen (secondary N) is 1. The van der Waals surface area contributed by atoms with Gasteiger partial charge in [0.2, 0.25) is 6.39 Å². The maximum Gasteiger partial charge on any atom is 0.251 e. The largest absolute Gasteiger partial charge is 0.508 e. The first kappa shape index (κ1) is 11.1. The monoisotopic (exact) mass is 233 g/mol. The minimum atomic E-state index is -0.200. The van der Waals surface area contributed by atoms with Crippen molar-refractivity contribution in [3.8, 4) is 5.75 Å². The molecule has 2 aromatic rings. The molecule has 0 aliphatic carbocycles. The molecule has 1 heterocycles. The van der Waals surface area contributed by atoms with E-state index in [2.05, 4.69) is 20.0 Å². The number of rotatable bonds is 4. The van der Waals surface area contributed by atoms with Crippen LogP contribution in [0.15, 0.2) is 35.2 Å². The lowest BCUT2D eigenvalue weighted by Crippen LogP contribution is -2.25. The highest BCUT2D eigenvalue weighted by Gasteiger charge is 2.05. The first-order valence-electron chi connectivity index (χ1n) is 5.08. The number of amides is 1. The zero-order chi connectivity index (χ0) is 12.1. The van der Waals surface area contributed by atoms with Gasteiger partial charge in [0.1, 0.15) is 5.75 Å². The van der Waals surface area contributed by atoms with Gasteiger partial charge >= 0.3 is 0 Å². The molecule has 1 aromatic carbocycles. The number of aromatic hydroxyl groups is 1. The van der Waals surface area contributed by atoms with E-state index in [4.69, 9.17) is 5.11 Å². The van der Waals surface area contributed by atoms with Crippen LogP contribution in [0.2, 0.25) is 0 Å². The quantitative estimate of drug-likeness (QED) is 0.813. The average molecular weight is 233 g/mol. The van der Waals surface area contributed by atoms with Crippen LogP contribution >= 0.6 is 0 Å². The summed E-state index contributed by atoms with van der Waals surface area (Å²) in [4.78, 5) is 15.5. The summed E-state index contributed by atoms with van der Waals surface area (Å²) < 4.78 is 4.57. The molecule has 0 aliphatic rings. The number of carbonyl (C=O) groups is 1. The summed E-state index contributed by atoms with van der Waals surface area (Å²) in [6, 6.07) is 6.04. The number of nitrogens with zero attached hydrogens (tertiary/aromatic N) is 2. The molecule has 0 bridgehead atoms. The fourth-order valence-corrected chi connectivity index (χ4v) is 1.31. The molecule has 2 rings (SSSR count). The first-order chi connectivity index (χ1) is 8.25. The Hall–Kier alpha value is -2.37. The van der Waals surface area contributed by atoms with Gasteiger partial charge in [-0.3, -0.25) is 4.79 Å². The maximum atomic E-state index is 11.6. The first-order valence-corrected chi connectivity index (χ1v) is 5.08. The molecular weight excluding hydrogens is 222 g/mol. The predicted molar refractivity (Wildman–Crippen MR) is 58.4 cm³/mol. The molecule has 0 unspecified atom stereocenters. The molecule has 0 saturated carbocycles. The molecular formula is C11H11N3O3. The van der Waals surface area contributed by atoms with Crippen LogP contribution in [0.25, 0.3) is 0 Å². The van der Waals surface area contributed by atoms with Gasteiger partial charge in [-0.1, -0.05) is 5.16 Å². The van der Waals surface area contributed by atoms with Crippen LogP contribution in [0.5, 0.6) is 5.75 Å². The van der Waals surface area contributed by atoms with E-state index in [1.54, 1.807) is 12.1 Å². The standard InChI is InChI=1S/C11H11N3O3/c15-9-3-1-8(2-4-9)11(16)12-6-5-10-13-7-17-14-10/h1-4,7,15H,5-6H2,(H,12,16). The fraction of sp³-hybridized carbons (Fsp3) is 0.182. The van der Waals surface area contributed by atoms with Crippen LogP contribution in [0.3, 0.4) is 0 Å². The highest BCUT2D eigenvalue weighted by molar-refractivity contribution is 5.94. The van der Waals surface area contributed by atoms with E-state index >= 15 is 0 Å². The van der Waals surface area contributed by atoms with Gasteiger partial charge in [0, 0.05) is 18.5 Å². The second kappa shape index (κ2) is 5.11. The minimum absolute atomic E-state index is 0.133. The molecule has 0 fully saturated rings. The third-order valence-electron chi connectivity index (χ3n) is 2.17. The van der Waals surface area contributed by atoms with E-state index in [0.717, 1.165) is 0 Å². The van der Waals surface area contributed by atoms with Gasteiger partial charge in [-0.25, -0.2) is 0 Å². The topological polar surface area (TPSA) is 88.3 Å². The molecule has 0 saturated heterocycles. The van der Waals surface area contributed by atoms with Crippen molar-refractivity contribution in [3.63, 3.8) is 0 Å².